The Balaban J connectivity index is 0.00000289. The van der Waals surface area contributed by atoms with E-state index in [4.69, 9.17) is 0 Å². The van der Waals surface area contributed by atoms with Crippen molar-refractivity contribution in [3.8, 4) is 0 Å². The smallest absolute Gasteiger partial charge is 0.191 e. The normalized spacial score (nSPS) is 11.3. The standard InChI is InChI=1S/C12H22N4S.HI/c1-5-10-7-14-11(17-10)8-16-12(13-4)15-6-9(2)3;/h7,9H,5-6,8H2,1-4H3,(H2,13,15,16);1H. The Bertz CT molecular complexity index is 363. The van der Waals surface area contributed by atoms with Crippen LogP contribution in [-0.2, 0) is 13.0 Å². The van der Waals surface area contributed by atoms with Crippen LogP contribution < -0.4 is 10.6 Å². The zero-order valence-electron chi connectivity index (χ0n) is 11.5. The zero-order chi connectivity index (χ0) is 12.7. The van der Waals surface area contributed by atoms with Crippen molar-refractivity contribution < 1.29 is 0 Å². The van der Waals surface area contributed by atoms with Crippen LogP contribution in [0.5, 0.6) is 0 Å². The highest BCUT2D eigenvalue weighted by Crippen LogP contribution is 2.12. The van der Waals surface area contributed by atoms with Crippen LogP contribution in [0.3, 0.4) is 0 Å². The van der Waals surface area contributed by atoms with Gasteiger partial charge >= 0.3 is 0 Å². The Morgan fingerprint density at radius 1 is 1.44 bits per heavy atom. The van der Waals surface area contributed by atoms with Crippen molar-refractivity contribution in [3.63, 3.8) is 0 Å². The molecule has 1 rings (SSSR count). The summed E-state index contributed by atoms with van der Waals surface area (Å²) in [6.45, 7) is 8.16. The lowest BCUT2D eigenvalue weighted by atomic mass is 10.2. The molecular weight excluding hydrogens is 359 g/mol. The van der Waals surface area contributed by atoms with E-state index in [-0.39, 0.29) is 24.0 Å². The van der Waals surface area contributed by atoms with E-state index in [0.717, 1.165) is 30.5 Å². The first-order valence-corrected chi connectivity index (χ1v) is 6.85. The molecule has 4 nitrogen and oxygen atoms in total. The topological polar surface area (TPSA) is 49.3 Å². The number of nitrogens with zero attached hydrogens (tertiary/aromatic N) is 2. The molecule has 0 aliphatic rings. The van der Waals surface area contributed by atoms with Crippen molar-refractivity contribution in [3.05, 3.63) is 16.1 Å². The second kappa shape index (κ2) is 9.55. The molecule has 6 heteroatoms. The van der Waals surface area contributed by atoms with E-state index in [1.807, 2.05) is 6.20 Å². The van der Waals surface area contributed by atoms with Gasteiger partial charge in [0.2, 0.25) is 0 Å². The first-order chi connectivity index (χ1) is 8.15. The van der Waals surface area contributed by atoms with Gasteiger partial charge in [-0.2, -0.15) is 0 Å². The molecule has 0 atom stereocenters. The summed E-state index contributed by atoms with van der Waals surface area (Å²) < 4.78 is 0. The van der Waals surface area contributed by atoms with E-state index in [1.54, 1.807) is 18.4 Å². The number of rotatable bonds is 5. The lowest BCUT2D eigenvalue weighted by Gasteiger charge is -2.12. The molecule has 1 heterocycles. The highest BCUT2D eigenvalue weighted by atomic mass is 127. The number of halogens is 1. The largest absolute Gasteiger partial charge is 0.356 e. The van der Waals surface area contributed by atoms with E-state index in [1.165, 1.54) is 4.88 Å². The molecule has 0 bridgehead atoms. The predicted molar refractivity (Wildman–Crippen MR) is 89.9 cm³/mol. The lowest BCUT2D eigenvalue weighted by Crippen LogP contribution is -2.38. The van der Waals surface area contributed by atoms with Gasteiger partial charge in [-0.1, -0.05) is 20.8 Å². The highest BCUT2D eigenvalue weighted by molar-refractivity contribution is 14.0. The van der Waals surface area contributed by atoms with Crippen molar-refractivity contribution in [2.24, 2.45) is 10.9 Å². The van der Waals surface area contributed by atoms with Crippen molar-refractivity contribution in [1.29, 1.82) is 0 Å². The summed E-state index contributed by atoms with van der Waals surface area (Å²) in [5, 5.41) is 7.65. The Morgan fingerprint density at radius 2 is 2.17 bits per heavy atom. The van der Waals surface area contributed by atoms with Gasteiger partial charge in [-0.05, 0) is 12.3 Å². The number of hydrogen-bond donors (Lipinski definition) is 2. The molecule has 0 saturated carbocycles. The van der Waals surface area contributed by atoms with Gasteiger partial charge in [-0.3, -0.25) is 4.99 Å². The van der Waals surface area contributed by atoms with E-state index in [2.05, 4.69) is 41.4 Å². The first-order valence-electron chi connectivity index (χ1n) is 6.03. The molecule has 0 spiro atoms. The fraction of sp³-hybridized carbons (Fsp3) is 0.667. The molecule has 0 radical (unpaired) electrons. The van der Waals surface area contributed by atoms with Crippen LogP contribution in [0.1, 0.15) is 30.7 Å². The Hall–Kier alpha value is -0.370. The maximum absolute atomic E-state index is 4.36. The zero-order valence-corrected chi connectivity index (χ0v) is 14.6. The molecule has 0 aromatic carbocycles. The molecule has 104 valence electrons. The maximum Gasteiger partial charge on any atom is 0.191 e. The summed E-state index contributed by atoms with van der Waals surface area (Å²) in [5.74, 6) is 1.45. The third kappa shape index (κ3) is 6.53. The van der Waals surface area contributed by atoms with Gasteiger partial charge in [-0.15, -0.1) is 35.3 Å². The number of guanidine groups is 1. The molecule has 1 aromatic rings. The van der Waals surface area contributed by atoms with Crippen LogP contribution in [0.4, 0.5) is 0 Å². The first kappa shape index (κ1) is 17.6. The van der Waals surface area contributed by atoms with Gasteiger partial charge in [0.1, 0.15) is 5.01 Å². The molecule has 2 N–H and O–H groups in total. The second-order valence-electron chi connectivity index (χ2n) is 4.27. The minimum atomic E-state index is 0. The number of thiazole rings is 1. The fourth-order valence-corrected chi connectivity index (χ4v) is 2.08. The van der Waals surface area contributed by atoms with Crippen LogP contribution in [0.2, 0.25) is 0 Å². The fourth-order valence-electron chi connectivity index (χ4n) is 1.27. The van der Waals surface area contributed by atoms with E-state index in [9.17, 15) is 0 Å². The third-order valence-electron chi connectivity index (χ3n) is 2.26. The number of nitrogens with one attached hydrogen (secondary N) is 2. The van der Waals surface area contributed by atoms with E-state index < -0.39 is 0 Å². The Labute approximate surface area is 131 Å². The van der Waals surface area contributed by atoms with Crippen LogP contribution in [0, 0.1) is 5.92 Å². The molecule has 0 fully saturated rings. The molecular formula is C12H23IN4S. The van der Waals surface area contributed by atoms with Gasteiger partial charge in [0.15, 0.2) is 5.96 Å². The molecule has 1 aromatic heterocycles. The summed E-state index contributed by atoms with van der Waals surface area (Å²) in [6.07, 6.45) is 3.00. The summed E-state index contributed by atoms with van der Waals surface area (Å²) in [4.78, 5) is 9.86. The third-order valence-corrected chi connectivity index (χ3v) is 3.40. The van der Waals surface area contributed by atoms with Crippen LogP contribution in [0.15, 0.2) is 11.2 Å². The van der Waals surface area contributed by atoms with Crippen LogP contribution >= 0.6 is 35.3 Å². The monoisotopic (exact) mass is 382 g/mol. The number of aliphatic imine (C=N–C) groups is 1. The lowest BCUT2D eigenvalue weighted by molar-refractivity contribution is 0.614. The molecule has 0 saturated heterocycles. The van der Waals surface area contributed by atoms with Gasteiger partial charge in [0.25, 0.3) is 0 Å². The van der Waals surface area contributed by atoms with Crippen LogP contribution in [0.25, 0.3) is 0 Å². The van der Waals surface area contributed by atoms with Crippen molar-refractivity contribution >= 4 is 41.3 Å². The van der Waals surface area contributed by atoms with Gasteiger partial charge < -0.3 is 10.6 Å². The minimum Gasteiger partial charge on any atom is -0.356 e. The van der Waals surface area contributed by atoms with Gasteiger partial charge in [-0.25, -0.2) is 4.98 Å². The van der Waals surface area contributed by atoms with E-state index >= 15 is 0 Å². The average molecular weight is 382 g/mol. The van der Waals surface area contributed by atoms with Crippen molar-refractivity contribution in [1.82, 2.24) is 15.6 Å². The molecule has 0 aliphatic carbocycles. The van der Waals surface area contributed by atoms with Gasteiger partial charge in [0, 0.05) is 24.7 Å². The molecule has 18 heavy (non-hydrogen) atoms. The maximum atomic E-state index is 4.36. The SMILES string of the molecule is CCc1cnc(CNC(=NC)NCC(C)C)s1.I. The average Bonchev–Trinajstić information content (AvgIpc) is 2.77. The summed E-state index contributed by atoms with van der Waals surface area (Å²) in [6, 6.07) is 0. The minimum absolute atomic E-state index is 0. The summed E-state index contributed by atoms with van der Waals surface area (Å²) in [5.41, 5.74) is 0. The summed E-state index contributed by atoms with van der Waals surface area (Å²) >= 11 is 1.75. The van der Waals surface area contributed by atoms with Crippen molar-refractivity contribution in [2.75, 3.05) is 13.6 Å². The predicted octanol–water partition coefficient (Wildman–Crippen LogP) is 2.64. The second-order valence-corrected chi connectivity index (χ2v) is 5.47. The number of aryl methyl sites for hydroxylation is 1. The number of aromatic nitrogens is 1. The molecule has 0 amide bonds. The van der Waals surface area contributed by atoms with E-state index in [0.29, 0.717) is 5.92 Å². The quantitative estimate of drug-likeness (QED) is 0.468. The number of hydrogen-bond acceptors (Lipinski definition) is 3. The van der Waals surface area contributed by atoms with Gasteiger partial charge in [0.05, 0.1) is 6.54 Å². The van der Waals surface area contributed by atoms with Crippen LogP contribution in [-0.4, -0.2) is 24.5 Å². The molecule has 0 aliphatic heterocycles. The highest BCUT2D eigenvalue weighted by Gasteiger charge is 2.02. The van der Waals surface area contributed by atoms with Crippen molar-refractivity contribution in [2.45, 2.75) is 33.7 Å². The molecule has 0 unspecified atom stereocenters. The summed E-state index contributed by atoms with van der Waals surface area (Å²) in [7, 11) is 1.79. The Kier molecular flexibility index (Phi) is 9.35. The Morgan fingerprint density at radius 3 is 2.67 bits per heavy atom.